The third-order valence-electron chi connectivity index (χ3n) is 2.99. The van der Waals surface area contributed by atoms with E-state index in [0.717, 1.165) is 0 Å². The first-order valence-electron chi connectivity index (χ1n) is 6.23. The number of carbonyl (C=O) groups is 2. The Balaban J connectivity index is 1.78. The Labute approximate surface area is 119 Å². The molecule has 0 aliphatic carbocycles. The third kappa shape index (κ3) is 2.36. The Morgan fingerprint density at radius 2 is 2.00 bits per heavy atom. The van der Waals surface area contributed by atoms with Gasteiger partial charge in [-0.25, -0.2) is 4.98 Å². The first-order valence-corrected chi connectivity index (χ1v) is 6.23. The number of nitrogens with zero attached hydrogens (tertiary/aromatic N) is 2. The average Bonchev–Trinajstić information content (AvgIpc) is 3.10. The minimum absolute atomic E-state index is 0.324. The van der Waals surface area contributed by atoms with E-state index in [2.05, 4.69) is 15.8 Å². The van der Waals surface area contributed by atoms with Gasteiger partial charge < -0.3 is 4.42 Å². The number of hydrazine groups is 1. The molecule has 3 rings (SSSR count). The number of imidazole rings is 1. The highest BCUT2D eigenvalue weighted by Gasteiger charge is 2.17. The maximum Gasteiger partial charge on any atom is 0.288 e. The Hall–Kier alpha value is -3.09. The van der Waals surface area contributed by atoms with Gasteiger partial charge in [0.05, 0.1) is 17.5 Å². The first-order chi connectivity index (χ1) is 10.2. The Bertz CT molecular complexity index is 805. The third-order valence-corrected chi connectivity index (χ3v) is 2.99. The second-order valence-electron chi connectivity index (χ2n) is 4.39. The SMILES string of the molecule is Cc1nc2ccccn2c1C(=O)NNC(=O)c1ccoc1. The van der Waals surface area contributed by atoms with Crippen molar-refractivity contribution in [3.63, 3.8) is 0 Å². The highest BCUT2D eigenvalue weighted by atomic mass is 16.3. The molecule has 2 N–H and O–H groups in total. The monoisotopic (exact) mass is 284 g/mol. The van der Waals surface area contributed by atoms with E-state index in [0.29, 0.717) is 22.6 Å². The van der Waals surface area contributed by atoms with Crippen molar-refractivity contribution in [3.05, 3.63) is 59.9 Å². The van der Waals surface area contributed by atoms with Crippen LogP contribution in [0.4, 0.5) is 0 Å². The number of fused-ring (bicyclic) bond motifs is 1. The lowest BCUT2D eigenvalue weighted by Crippen LogP contribution is -2.42. The molecule has 0 atom stereocenters. The van der Waals surface area contributed by atoms with Crippen molar-refractivity contribution in [2.75, 3.05) is 0 Å². The maximum absolute atomic E-state index is 12.2. The van der Waals surface area contributed by atoms with Crippen LogP contribution in [0, 0.1) is 6.92 Å². The van der Waals surface area contributed by atoms with Crippen LogP contribution in [0.2, 0.25) is 0 Å². The highest BCUT2D eigenvalue weighted by molar-refractivity contribution is 5.99. The molecule has 0 radical (unpaired) electrons. The summed E-state index contributed by atoms with van der Waals surface area (Å²) in [5.74, 6) is -0.897. The summed E-state index contributed by atoms with van der Waals surface area (Å²) in [4.78, 5) is 28.2. The van der Waals surface area contributed by atoms with E-state index in [1.807, 2.05) is 6.07 Å². The van der Waals surface area contributed by atoms with Crippen molar-refractivity contribution in [1.82, 2.24) is 20.2 Å². The van der Waals surface area contributed by atoms with Crippen molar-refractivity contribution < 1.29 is 14.0 Å². The predicted molar refractivity (Wildman–Crippen MR) is 73.6 cm³/mol. The van der Waals surface area contributed by atoms with Gasteiger partial charge in [-0.05, 0) is 25.1 Å². The van der Waals surface area contributed by atoms with Crippen molar-refractivity contribution in [1.29, 1.82) is 0 Å². The largest absolute Gasteiger partial charge is 0.472 e. The van der Waals surface area contributed by atoms with Crippen LogP contribution in [0.1, 0.15) is 26.5 Å². The zero-order valence-electron chi connectivity index (χ0n) is 11.2. The molecule has 7 heteroatoms. The number of hydrogen-bond acceptors (Lipinski definition) is 4. The predicted octanol–water partition coefficient (Wildman–Crippen LogP) is 1.31. The van der Waals surface area contributed by atoms with Gasteiger partial charge in [0, 0.05) is 6.20 Å². The maximum atomic E-state index is 12.2. The van der Waals surface area contributed by atoms with Crippen molar-refractivity contribution in [2.45, 2.75) is 6.92 Å². The fraction of sp³-hybridized carbons (Fsp3) is 0.0714. The molecule has 0 spiro atoms. The van der Waals surface area contributed by atoms with Gasteiger partial charge in [-0.3, -0.25) is 24.8 Å². The summed E-state index contributed by atoms with van der Waals surface area (Å²) in [5, 5.41) is 0. The Kier molecular flexibility index (Phi) is 3.15. The van der Waals surface area contributed by atoms with E-state index in [9.17, 15) is 9.59 Å². The molecular weight excluding hydrogens is 272 g/mol. The number of hydrogen-bond donors (Lipinski definition) is 2. The number of furan rings is 1. The lowest BCUT2D eigenvalue weighted by molar-refractivity contribution is 0.0842. The molecule has 3 aromatic rings. The van der Waals surface area contributed by atoms with Gasteiger partial charge in [-0.1, -0.05) is 6.07 Å². The van der Waals surface area contributed by atoms with Crippen LogP contribution in [0.3, 0.4) is 0 Å². The molecule has 0 saturated carbocycles. The highest BCUT2D eigenvalue weighted by Crippen LogP contribution is 2.11. The molecule has 3 aromatic heterocycles. The second kappa shape index (κ2) is 5.12. The molecule has 106 valence electrons. The first kappa shape index (κ1) is 12.9. The van der Waals surface area contributed by atoms with Gasteiger partial charge >= 0.3 is 0 Å². The van der Waals surface area contributed by atoms with Gasteiger partial charge in [0.25, 0.3) is 11.8 Å². The number of amides is 2. The summed E-state index contributed by atoms with van der Waals surface area (Å²) in [6, 6.07) is 6.94. The van der Waals surface area contributed by atoms with E-state index in [-0.39, 0.29) is 0 Å². The number of nitrogens with one attached hydrogen (secondary N) is 2. The topological polar surface area (TPSA) is 88.6 Å². The number of rotatable bonds is 2. The lowest BCUT2D eigenvalue weighted by atomic mass is 10.3. The van der Waals surface area contributed by atoms with Crippen LogP contribution in [0.15, 0.2) is 47.4 Å². The van der Waals surface area contributed by atoms with Crippen LogP contribution < -0.4 is 10.9 Å². The fourth-order valence-electron chi connectivity index (χ4n) is 2.03. The molecule has 0 unspecified atom stereocenters. The smallest absolute Gasteiger partial charge is 0.288 e. The second-order valence-corrected chi connectivity index (χ2v) is 4.39. The summed E-state index contributed by atoms with van der Waals surface area (Å²) < 4.78 is 6.47. The van der Waals surface area contributed by atoms with E-state index in [4.69, 9.17) is 4.42 Å². The minimum Gasteiger partial charge on any atom is -0.472 e. The van der Waals surface area contributed by atoms with Gasteiger partial charge in [-0.15, -0.1) is 0 Å². The molecule has 21 heavy (non-hydrogen) atoms. The minimum atomic E-state index is -0.455. The molecule has 0 aromatic carbocycles. The molecule has 0 aliphatic heterocycles. The van der Waals surface area contributed by atoms with E-state index >= 15 is 0 Å². The molecule has 0 saturated heterocycles. The van der Waals surface area contributed by atoms with E-state index in [1.54, 1.807) is 29.7 Å². The molecule has 0 aliphatic rings. The molecule has 0 fully saturated rings. The zero-order chi connectivity index (χ0) is 14.8. The molecule has 0 bridgehead atoms. The molecular formula is C14H12N4O3. The van der Waals surface area contributed by atoms with Gasteiger partial charge in [0.15, 0.2) is 0 Å². The van der Waals surface area contributed by atoms with Crippen molar-refractivity contribution in [2.24, 2.45) is 0 Å². The average molecular weight is 284 g/mol. The van der Waals surface area contributed by atoms with Gasteiger partial charge in [-0.2, -0.15) is 0 Å². The quantitative estimate of drug-likeness (QED) is 0.694. The van der Waals surface area contributed by atoms with E-state index < -0.39 is 11.8 Å². The van der Waals surface area contributed by atoms with Crippen LogP contribution in [0.5, 0.6) is 0 Å². The standard InChI is InChI=1S/C14H12N4O3/c1-9-12(18-6-3-2-4-11(18)15-9)14(20)17-16-13(19)10-5-7-21-8-10/h2-8H,1H3,(H,16,19)(H,17,20). The fourth-order valence-corrected chi connectivity index (χ4v) is 2.03. The Morgan fingerprint density at radius 1 is 1.19 bits per heavy atom. The normalized spacial score (nSPS) is 10.5. The Morgan fingerprint density at radius 3 is 2.76 bits per heavy atom. The number of aromatic nitrogens is 2. The van der Waals surface area contributed by atoms with Crippen molar-refractivity contribution in [3.8, 4) is 0 Å². The lowest BCUT2D eigenvalue weighted by Gasteiger charge is -2.06. The summed E-state index contributed by atoms with van der Waals surface area (Å²) in [7, 11) is 0. The van der Waals surface area contributed by atoms with Gasteiger partial charge in [0.2, 0.25) is 0 Å². The number of pyridine rings is 1. The number of carbonyl (C=O) groups excluding carboxylic acids is 2. The summed E-state index contributed by atoms with van der Waals surface area (Å²) in [6.45, 7) is 1.74. The van der Waals surface area contributed by atoms with Crippen LogP contribution in [-0.4, -0.2) is 21.2 Å². The van der Waals surface area contributed by atoms with Crippen molar-refractivity contribution >= 4 is 17.5 Å². The number of aryl methyl sites for hydroxylation is 1. The molecule has 2 amide bonds. The van der Waals surface area contributed by atoms with Gasteiger partial charge in [0.1, 0.15) is 17.6 Å². The zero-order valence-corrected chi connectivity index (χ0v) is 11.2. The summed E-state index contributed by atoms with van der Waals surface area (Å²) >= 11 is 0. The van der Waals surface area contributed by atoms with Crippen LogP contribution >= 0.6 is 0 Å². The summed E-state index contributed by atoms with van der Waals surface area (Å²) in [6.07, 6.45) is 4.41. The summed E-state index contributed by atoms with van der Waals surface area (Å²) in [5.41, 5.74) is 6.64. The van der Waals surface area contributed by atoms with Crippen LogP contribution in [0.25, 0.3) is 5.65 Å². The molecule has 3 heterocycles. The van der Waals surface area contributed by atoms with Crippen LogP contribution in [-0.2, 0) is 0 Å². The van der Waals surface area contributed by atoms with E-state index in [1.165, 1.54) is 18.6 Å². The molecule has 7 nitrogen and oxygen atoms in total.